The number of hydrogen-bond donors (Lipinski definition) is 2. The fraction of sp³-hybridized carbons (Fsp3) is 0.600. The van der Waals surface area contributed by atoms with E-state index in [1.165, 1.54) is 0 Å². The van der Waals surface area contributed by atoms with Crippen LogP contribution in [0, 0.1) is 0 Å². The second-order valence-electron chi connectivity index (χ2n) is 5.94. The van der Waals surface area contributed by atoms with Crippen molar-refractivity contribution in [3.05, 3.63) is 24.3 Å². The third-order valence-electron chi connectivity index (χ3n) is 3.81. The van der Waals surface area contributed by atoms with E-state index in [4.69, 9.17) is 10.5 Å². The van der Waals surface area contributed by atoms with Crippen molar-refractivity contribution in [2.75, 3.05) is 6.54 Å². The molecular formula is C15H25ClN2O3S. The highest BCUT2D eigenvalue weighted by Crippen LogP contribution is 2.30. The van der Waals surface area contributed by atoms with Crippen LogP contribution in [0.2, 0.25) is 0 Å². The molecule has 1 aromatic rings. The predicted molar refractivity (Wildman–Crippen MR) is 90.0 cm³/mol. The molecule has 0 aliphatic heterocycles. The Labute approximate surface area is 139 Å². The number of halogens is 1. The Morgan fingerprint density at radius 3 is 2.23 bits per heavy atom. The van der Waals surface area contributed by atoms with Crippen LogP contribution in [0.3, 0.4) is 0 Å². The first kappa shape index (κ1) is 19.2. The Bertz CT molecular complexity index is 567. The van der Waals surface area contributed by atoms with Crippen molar-refractivity contribution >= 4 is 22.4 Å². The van der Waals surface area contributed by atoms with Crippen molar-refractivity contribution in [3.8, 4) is 5.75 Å². The minimum Gasteiger partial charge on any atom is -0.491 e. The zero-order valence-electron chi connectivity index (χ0n) is 13.0. The van der Waals surface area contributed by atoms with Gasteiger partial charge < -0.3 is 10.5 Å². The van der Waals surface area contributed by atoms with Crippen molar-refractivity contribution in [2.45, 2.75) is 56.1 Å². The van der Waals surface area contributed by atoms with E-state index in [1.54, 1.807) is 24.3 Å². The number of ether oxygens (including phenoxy) is 1. The molecule has 1 saturated carbocycles. The Hall–Kier alpha value is -0.820. The molecule has 0 radical (unpaired) electrons. The summed E-state index contributed by atoms with van der Waals surface area (Å²) in [6.45, 7) is 4.19. The van der Waals surface area contributed by atoms with E-state index in [-0.39, 0.29) is 23.4 Å². The summed E-state index contributed by atoms with van der Waals surface area (Å²) >= 11 is 0. The van der Waals surface area contributed by atoms with Gasteiger partial charge in [0.1, 0.15) is 5.75 Å². The largest absolute Gasteiger partial charge is 0.491 e. The molecule has 1 aliphatic rings. The number of nitrogens with two attached hydrogens (primary N) is 1. The Balaban J connectivity index is 0.00000242. The summed E-state index contributed by atoms with van der Waals surface area (Å²) in [7, 11) is -3.55. The van der Waals surface area contributed by atoms with Crippen LogP contribution in [-0.2, 0) is 10.0 Å². The maximum atomic E-state index is 12.5. The van der Waals surface area contributed by atoms with E-state index in [1.807, 2.05) is 13.8 Å². The highest BCUT2D eigenvalue weighted by Gasteiger charge is 2.36. The fourth-order valence-electron chi connectivity index (χ4n) is 2.71. The maximum absolute atomic E-state index is 12.5. The Kier molecular flexibility index (Phi) is 6.67. The lowest BCUT2D eigenvalue weighted by Gasteiger charge is -2.28. The quantitative estimate of drug-likeness (QED) is 0.827. The molecule has 1 aliphatic carbocycles. The van der Waals surface area contributed by atoms with Crippen LogP contribution in [-0.4, -0.2) is 26.6 Å². The fourth-order valence-corrected chi connectivity index (χ4v) is 4.18. The number of hydrogen-bond acceptors (Lipinski definition) is 4. The van der Waals surface area contributed by atoms with E-state index in [2.05, 4.69) is 4.72 Å². The summed E-state index contributed by atoms with van der Waals surface area (Å²) in [6, 6.07) is 6.50. The molecule has 0 heterocycles. The zero-order valence-corrected chi connectivity index (χ0v) is 14.7. The normalized spacial score (nSPS) is 17.3. The van der Waals surface area contributed by atoms with Crippen LogP contribution < -0.4 is 15.2 Å². The molecule has 0 unspecified atom stereocenters. The molecule has 5 nitrogen and oxygen atoms in total. The van der Waals surface area contributed by atoms with Gasteiger partial charge in [-0.1, -0.05) is 12.8 Å². The van der Waals surface area contributed by atoms with Gasteiger partial charge in [-0.3, -0.25) is 0 Å². The topological polar surface area (TPSA) is 81.4 Å². The summed E-state index contributed by atoms with van der Waals surface area (Å²) in [4.78, 5) is 0.248. The molecule has 126 valence electrons. The highest BCUT2D eigenvalue weighted by molar-refractivity contribution is 7.89. The van der Waals surface area contributed by atoms with Crippen LogP contribution in [0.4, 0.5) is 0 Å². The van der Waals surface area contributed by atoms with Gasteiger partial charge >= 0.3 is 0 Å². The van der Waals surface area contributed by atoms with E-state index in [0.29, 0.717) is 12.3 Å². The third-order valence-corrected chi connectivity index (χ3v) is 5.40. The third kappa shape index (κ3) is 4.59. The Morgan fingerprint density at radius 1 is 1.23 bits per heavy atom. The van der Waals surface area contributed by atoms with Gasteiger partial charge in [0.05, 0.1) is 11.0 Å². The lowest BCUT2D eigenvalue weighted by Crippen LogP contribution is -2.51. The van der Waals surface area contributed by atoms with Gasteiger partial charge in [0.2, 0.25) is 10.0 Å². The molecule has 1 aromatic carbocycles. The number of nitrogens with one attached hydrogen (secondary N) is 1. The van der Waals surface area contributed by atoms with Crippen molar-refractivity contribution in [3.63, 3.8) is 0 Å². The Morgan fingerprint density at radius 2 is 1.77 bits per heavy atom. The second-order valence-corrected chi connectivity index (χ2v) is 7.62. The minimum absolute atomic E-state index is 0. The van der Waals surface area contributed by atoms with Gasteiger partial charge in [0.25, 0.3) is 0 Å². The smallest absolute Gasteiger partial charge is 0.241 e. The molecule has 22 heavy (non-hydrogen) atoms. The van der Waals surface area contributed by atoms with Crippen molar-refractivity contribution in [1.29, 1.82) is 0 Å². The summed E-state index contributed by atoms with van der Waals surface area (Å²) in [5, 5.41) is 0. The van der Waals surface area contributed by atoms with Crippen LogP contribution in [0.1, 0.15) is 39.5 Å². The molecule has 0 aromatic heterocycles. The molecule has 0 saturated heterocycles. The van der Waals surface area contributed by atoms with Crippen LogP contribution in [0.15, 0.2) is 29.2 Å². The first-order valence-corrected chi connectivity index (χ1v) is 8.86. The average Bonchev–Trinajstić information content (AvgIpc) is 2.87. The maximum Gasteiger partial charge on any atom is 0.241 e. The van der Waals surface area contributed by atoms with Crippen LogP contribution >= 0.6 is 12.4 Å². The molecule has 7 heteroatoms. The molecule has 0 spiro atoms. The summed E-state index contributed by atoms with van der Waals surface area (Å²) in [6.07, 6.45) is 3.70. The molecule has 0 amide bonds. The van der Waals surface area contributed by atoms with E-state index in [9.17, 15) is 8.42 Å². The summed E-state index contributed by atoms with van der Waals surface area (Å²) < 4.78 is 33.3. The predicted octanol–water partition coefficient (Wildman–Crippen LogP) is 2.45. The lowest BCUT2D eigenvalue weighted by molar-refractivity contribution is 0.242. The molecule has 2 rings (SSSR count). The van der Waals surface area contributed by atoms with E-state index in [0.717, 1.165) is 25.7 Å². The number of sulfonamides is 1. The number of benzene rings is 1. The average molecular weight is 349 g/mol. The van der Waals surface area contributed by atoms with Crippen molar-refractivity contribution < 1.29 is 13.2 Å². The van der Waals surface area contributed by atoms with Gasteiger partial charge in [-0.05, 0) is 51.0 Å². The monoisotopic (exact) mass is 348 g/mol. The summed E-state index contributed by atoms with van der Waals surface area (Å²) in [5.41, 5.74) is 5.31. The standard InChI is InChI=1S/C15H24N2O3S.ClH/c1-12(2)20-13-5-7-14(8-6-13)21(18,19)17-15(11-16)9-3-4-10-15;/h5-8,12,17H,3-4,9-11,16H2,1-2H3;1H. The summed E-state index contributed by atoms with van der Waals surface area (Å²) in [5.74, 6) is 0.665. The SMILES string of the molecule is CC(C)Oc1ccc(S(=O)(=O)NC2(CN)CCCC2)cc1.Cl. The van der Waals surface area contributed by atoms with Crippen LogP contribution in [0.5, 0.6) is 5.75 Å². The van der Waals surface area contributed by atoms with Crippen LogP contribution in [0.25, 0.3) is 0 Å². The van der Waals surface area contributed by atoms with Crippen molar-refractivity contribution in [2.24, 2.45) is 5.73 Å². The lowest BCUT2D eigenvalue weighted by atomic mass is 10.0. The molecule has 0 bridgehead atoms. The van der Waals surface area contributed by atoms with Crippen molar-refractivity contribution in [1.82, 2.24) is 4.72 Å². The van der Waals surface area contributed by atoms with Gasteiger partial charge in [-0.15, -0.1) is 12.4 Å². The second kappa shape index (κ2) is 7.64. The molecule has 0 atom stereocenters. The van der Waals surface area contributed by atoms with Gasteiger partial charge in [0, 0.05) is 12.1 Å². The zero-order chi connectivity index (χ0) is 15.5. The molecule has 1 fully saturated rings. The van der Waals surface area contributed by atoms with Gasteiger partial charge in [-0.2, -0.15) is 0 Å². The highest BCUT2D eigenvalue weighted by atomic mass is 35.5. The minimum atomic E-state index is -3.55. The molecule has 3 N–H and O–H groups in total. The number of rotatable bonds is 6. The van der Waals surface area contributed by atoms with E-state index < -0.39 is 15.6 Å². The van der Waals surface area contributed by atoms with Gasteiger partial charge in [0.15, 0.2) is 0 Å². The van der Waals surface area contributed by atoms with E-state index >= 15 is 0 Å². The van der Waals surface area contributed by atoms with Gasteiger partial charge in [-0.25, -0.2) is 13.1 Å². The first-order chi connectivity index (χ1) is 9.87. The molecular weight excluding hydrogens is 324 g/mol. The first-order valence-electron chi connectivity index (χ1n) is 7.38.